The molecule has 1 saturated heterocycles. The average molecular weight is 225 g/mol. The predicted octanol–water partition coefficient (Wildman–Crippen LogP) is 0.824. The molecule has 0 N–H and O–H groups in total. The molecular weight excluding hydrogens is 210 g/mol. The Balaban J connectivity index is 2.83. The zero-order chi connectivity index (χ0) is 12.3. The summed E-state index contributed by atoms with van der Waals surface area (Å²) in [5.74, 6) is -2.51. The largest absolute Gasteiger partial charge is 0.419 e. The van der Waals surface area contributed by atoms with Crippen LogP contribution in [-0.2, 0) is 19.1 Å². The van der Waals surface area contributed by atoms with Crippen LogP contribution in [0.15, 0.2) is 23.9 Å². The fourth-order valence-corrected chi connectivity index (χ4v) is 1.11. The second kappa shape index (κ2) is 4.38. The standard InChI is InChI=1S/C11H15NO4/c1-11(2)15-9(13)8(10(14)16-11)6-5-7-12(3)4/h5-7H,1-4H3. The smallest absolute Gasteiger partial charge is 0.348 e. The fraction of sp³-hybridized carbons (Fsp3) is 0.455. The molecule has 0 amide bonds. The van der Waals surface area contributed by atoms with Crippen molar-refractivity contribution in [3.05, 3.63) is 23.9 Å². The molecule has 0 aliphatic carbocycles. The number of carbonyl (C=O) groups is 2. The van der Waals surface area contributed by atoms with Crippen LogP contribution < -0.4 is 0 Å². The number of nitrogens with zero attached hydrogens (tertiary/aromatic N) is 1. The first kappa shape index (κ1) is 12.3. The summed E-state index contributed by atoms with van der Waals surface area (Å²) in [4.78, 5) is 24.7. The van der Waals surface area contributed by atoms with E-state index in [1.54, 1.807) is 17.2 Å². The lowest BCUT2D eigenvalue weighted by molar-refractivity contribution is -0.222. The van der Waals surface area contributed by atoms with Gasteiger partial charge in [0.15, 0.2) is 0 Å². The van der Waals surface area contributed by atoms with Crippen molar-refractivity contribution in [2.24, 2.45) is 0 Å². The van der Waals surface area contributed by atoms with Gasteiger partial charge in [0, 0.05) is 27.9 Å². The fourth-order valence-electron chi connectivity index (χ4n) is 1.11. The van der Waals surface area contributed by atoms with Crippen LogP contribution in [0.3, 0.4) is 0 Å². The molecule has 1 rings (SSSR count). The molecule has 88 valence electrons. The Hall–Kier alpha value is -1.78. The molecule has 0 bridgehead atoms. The van der Waals surface area contributed by atoms with Gasteiger partial charge in [0.05, 0.1) is 0 Å². The van der Waals surface area contributed by atoms with Crippen molar-refractivity contribution >= 4 is 11.9 Å². The second-order valence-corrected chi connectivity index (χ2v) is 4.06. The van der Waals surface area contributed by atoms with Crippen molar-refractivity contribution in [2.45, 2.75) is 19.6 Å². The number of cyclic esters (lactones) is 2. The summed E-state index contributed by atoms with van der Waals surface area (Å²) in [6.07, 6.45) is 4.66. The van der Waals surface area contributed by atoms with Crippen molar-refractivity contribution < 1.29 is 19.1 Å². The SMILES string of the molecule is CN(C)C=CC=C1C(=O)OC(C)(C)OC1=O. The van der Waals surface area contributed by atoms with E-state index in [1.807, 2.05) is 14.1 Å². The zero-order valence-corrected chi connectivity index (χ0v) is 9.81. The highest BCUT2D eigenvalue weighted by molar-refractivity contribution is 6.15. The van der Waals surface area contributed by atoms with Gasteiger partial charge in [-0.15, -0.1) is 0 Å². The van der Waals surface area contributed by atoms with Crippen molar-refractivity contribution in [2.75, 3.05) is 14.1 Å². The molecule has 0 atom stereocenters. The van der Waals surface area contributed by atoms with E-state index in [-0.39, 0.29) is 5.57 Å². The van der Waals surface area contributed by atoms with E-state index in [4.69, 9.17) is 9.47 Å². The maximum Gasteiger partial charge on any atom is 0.348 e. The van der Waals surface area contributed by atoms with E-state index in [0.29, 0.717) is 0 Å². The summed E-state index contributed by atoms with van der Waals surface area (Å²) in [6.45, 7) is 3.02. The molecule has 0 aromatic rings. The molecule has 1 fully saturated rings. The summed E-state index contributed by atoms with van der Waals surface area (Å²) < 4.78 is 9.83. The molecule has 5 heteroatoms. The molecule has 0 unspecified atom stereocenters. The van der Waals surface area contributed by atoms with Crippen molar-refractivity contribution in [1.29, 1.82) is 0 Å². The summed E-state index contributed by atoms with van der Waals surface area (Å²) in [6, 6.07) is 0. The van der Waals surface area contributed by atoms with E-state index in [9.17, 15) is 9.59 Å². The third-order valence-corrected chi connectivity index (χ3v) is 1.76. The van der Waals surface area contributed by atoms with Crippen molar-refractivity contribution in [3.63, 3.8) is 0 Å². The Kier molecular flexibility index (Phi) is 3.37. The van der Waals surface area contributed by atoms with Gasteiger partial charge in [-0.3, -0.25) is 0 Å². The maximum atomic E-state index is 11.5. The van der Waals surface area contributed by atoms with Crippen LogP contribution in [0.1, 0.15) is 13.8 Å². The maximum absolute atomic E-state index is 11.5. The molecule has 0 spiro atoms. The van der Waals surface area contributed by atoms with E-state index in [0.717, 1.165) is 0 Å². The van der Waals surface area contributed by atoms with E-state index in [1.165, 1.54) is 19.9 Å². The van der Waals surface area contributed by atoms with Gasteiger partial charge >= 0.3 is 11.9 Å². The highest BCUT2D eigenvalue weighted by Crippen LogP contribution is 2.22. The Morgan fingerprint density at radius 3 is 2.06 bits per heavy atom. The summed E-state index contributed by atoms with van der Waals surface area (Å²) in [5.41, 5.74) is -0.0996. The van der Waals surface area contributed by atoms with Crippen LogP contribution in [-0.4, -0.2) is 36.7 Å². The lowest BCUT2D eigenvalue weighted by atomic mass is 10.2. The van der Waals surface area contributed by atoms with Gasteiger partial charge in [-0.25, -0.2) is 9.59 Å². The van der Waals surface area contributed by atoms with Crippen molar-refractivity contribution in [1.82, 2.24) is 4.90 Å². The zero-order valence-electron chi connectivity index (χ0n) is 9.81. The first-order chi connectivity index (χ1) is 7.32. The van der Waals surface area contributed by atoms with E-state index in [2.05, 4.69) is 0 Å². The number of ether oxygens (including phenoxy) is 2. The van der Waals surface area contributed by atoms with Gasteiger partial charge in [-0.05, 0) is 18.4 Å². The van der Waals surface area contributed by atoms with Crippen LogP contribution in [0.25, 0.3) is 0 Å². The minimum Gasteiger partial charge on any atom is -0.419 e. The molecule has 1 aliphatic heterocycles. The number of allylic oxidation sites excluding steroid dienone is 2. The molecule has 16 heavy (non-hydrogen) atoms. The van der Waals surface area contributed by atoms with Crippen LogP contribution >= 0.6 is 0 Å². The molecule has 0 aromatic carbocycles. The minimum atomic E-state index is -1.18. The third-order valence-electron chi connectivity index (χ3n) is 1.76. The Morgan fingerprint density at radius 2 is 1.62 bits per heavy atom. The second-order valence-electron chi connectivity index (χ2n) is 4.06. The summed E-state index contributed by atoms with van der Waals surface area (Å²) in [7, 11) is 3.66. The van der Waals surface area contributed by atoms with Gasteiger partial charge in [0.25, 0.3) is 5.79 Å². The number of hydrogen-bond donors (Lipinski definition) is 0. The van der Waals surface area contributed by atoms with Gasteiger partial charge in [0.2, 0.25) is 0 Å². The Labute approximate surface area is 94.3 Å². The molecule has 0 aromatic heterocycles. The summed E-state index contributed by atoms with van der Waals surface area (Å²) >= 11 is 0. The first-order valence-electron chi connectivity index (χ1n) is 4.83. The number of rotatable bonds is 2. The topological polar surface area (TPSA) is 55.8 Å². The first-order valence-corrected chi connectivity index (χ1v) is 4.83. The van der Waals surface area contributed by atoms with Gasteiger partial charge in [0.1, 0.15) is 5.57 Å². The highest BCUT2D eigenvalue weighted by atomic mass is 16.7. The van der Waals surface area contributed by atoms with Crippen LogP contribution in [0.5, 0.6) is 0 Å². The van der Waals surface area contributed by atoms with Crippen LogP contribution in [0, 0.1) is 0 Å². The van der Waals surface area contributed by atoms with Crippen LogP contribution in [0.2, 0.25) is 0 Å². The number of esters is 2. The molecule has 5 nitrogen and oxygen atoms in total. The number of hydrogen-bond acceptors (Lipinski definition) is 5. The lowest BCUT2D eigenvalue weighted by Crippen LogP contribution is -2.41. The molecule has 1 heterocycles. The minimum absolute atomic E-state index is 0.0996. The van der Waals surface area contributed by atoms with Crippen LogP contribution in [0.4, 0.5) is 0 Å². The molecule has 0 saturated carbocycles. The van der Waals surface area contributed by atoms with Crippen molar-refractivity contribution in [3.8, 4) is 0 Å². The normalized spacial score (nSPS) is 19.4. The average Bonchev–Trinajstić information content (AvgIpc) is 2.07. The van der Waals surface area contributed by atoms with Gasteiger partial charge in [-0.1, -0.05) is 0 Å². The molecule has 1 aliphatic rings. The van der Waals surface area contributed by atoms with E-state index < -0.39 is 17.7 Å². The van der Waals surface area contributed by atoms with Gasteiger partial charge < -0.3 is 14.4 Å². The molecular formula is C11H15NO4. The van der Waals surface area contributed by atoms with E-state index >= 15 is 0 Å². The predicted molar refractivity (Wildman–Crippen MR) is 57.2 cm³/mol. The quantitative estimate of drug-likeness (QED) is 0.395. The Morgan fingerprint density at radius 1 is 1.12 bits per heavy atom. The Bertz CT molecular complexity index is 344. The van der Waals surface area contributed by atoms with Gasteiger partial charge in [-0.2, -0.15) is 0 Å². The lowest BCUT2D eigenvalue weighted by Gasteiger charge is -2.29. The summed E-state index contributed by atoms with van der Waals surface area (Å²) in [5, 5.41) is 0. The molecule has 0 radical (unpaired) electrons. The monoisotopic (exact) mass is 225 g/mol. The number of carbonyl (C=O) groups excluding carboxylic acids is 2. The third kappa shape index (κ3) is 3.12. The highest BCUT2D eigenvalue weighted by Gasteiger charge is 2.38.